The first-order valence-electron chi connectivity index (χ1n) is 10.0. The van der Waals surface area contributed by atoms with Gasteiger partial charge < -0.3 is 5.32 Å². The Morgan fingerprint density at radius 3 is 2.56 bits per heavy atom. The number of pyridine rings is 1. The van der Waals surface area contributed by atoms with Crippen LogP contribution in [0.15, 0.2) is 42.7 Å². The number of nitriles is 1. The number of halogens is 2. The number of aromatic nitrogens is 3. The highest BCUT2D eigenvalue weighted by Crippen LogP contribution is 2.37. The Morgan fingerprint density at radius 2 is 1.94 bits per heavy atom. The summed E-state index contributed by atoms with van der Waals surface area (Å²) in [5, 5.41) is 16.4. The van der Waals surface area contributed by atoms with Crippen molar-refractivity contribution >= 4 is 17.4 Å². The van der Waals surface area contributed by atoms with E-state index in [1.54, 1.807) is 19.1 Å². The van der Waals surface area contributed by atoms with Gasteiger partial charge in [-0.25, -0.2) is 13.5 Å². The first-order chi connectivity index (χ1) is 15.3. The van der Waals surface area contributed by atoms with Gasteiger partial charge in [-0.1, -0.05) is 0 Å². The van der Waals surface area contributed by atoms with E-state index in [4.69, 9.17) is 0 Å². The van der Waals surface area contributed by atoms with Crippen molar-refractivity contribution in [3.63, 3.8) is 0 Å². The fraction of sp³-hybridized carbons (Fsp3) is 0.261. The van der Waals surface area contributed by atoms with Crippen LogP contribution in [0.2, 0.25) is 0 Å². The van der Waals surface area contributed by atoms with Crippen molar-refractivity contribution in [2.75, 3.05) is 5.32 Å². The van der Waals surface area contributed by atoms with Gasteiger partial charge >= 0.3 is 0 Å². The Morgan fingerprint density at radius 1 is 1.19 bits per heavy atom. The third-order valence-corrected chi connectivity index (χ3v) is 5.78. The molecule has 0 radical (unpaired) electrons. The number of benzene rings is 1. The van der Waals surface area contributed by atoms with Crippen molar-refractivity contribution in [3.05, 3.63) is 71.3 Å². The molecule has 1 fully saturated rings. The van der Waals surface area contributed by atoms with Crippen LogP contribution in [0, 0.1) is 29.9 Å². The number of Topliss-reactive ketones (excluding diaryl/α,β-unsaturated/α-hetero) is 1. The van der Waals surface area contributed by atoms with Gasteiger partial charge in [0.15, 0.2) is 5.82 Å². The van der Waals surface area contributed by atoms with E-state index in [-0.39, 0.29) is 17.0 Å². The SMILES string of the molecule is Cc1c(C(=O)Nc2ccc(C3(C#N)CCC(=O)CC3)nc2)cnn1-c1ccc(F)cc1F. The molecule has 3 aromatic rings. The Kier molecular flexibility index (Phi) is 5.53. The van der Waals surface area contributed by atoms with Gasteiger partial charge in [-0.2, -0.15) is 10.4 Å². The van der Waals surface area contributed by atoms with Crippen molar-refractivity contribution in [2.45, 2.75) is 38.0 Å². The normalized spacial score (nSPS) is 15.2. The molecule has 1 saturated carbocycles. The Hall–Kier alpha value is -3.93. The fourth-order valence-electron chi connectivity index (χ4n) is 3.86. The van der Waals surface area contributed by atoms with Gasteiger partial charge in [-0.15, -0.1) is 0 Å². The number of amides is 1. The second kappa shape index (κ2) is 8.30. The predicted molar refractivity (Wildman–Crippen MR) is 111 cm³/mol. The number of ketones is 1. The van der Waals surface area contributed by atoms with Crippen LogP contribution in [-0.4, -0.2) is 26.5 Å². The Bertz CT molecular complexity index is 1230. The largest absolute Gasteiger partial charge is 0.320 e. The van der Waals surface area contributed by atoms with Crippen LogP contribution < -0.4 is 5.32 Å². The molecule has 32 heavy (non-hydrogen) atoms. The van der Waals surface area contributed by atoms with Crippen LogP contribution in [0.5, 0.6) is 0 Å². The third kappa shape index (κ3) is 3.87. The van der Waals surface area contributed by atoms with E-state index in [0.29, 0.717) is 42.8 Å². The van der Waals surface area contributed by atoms with E-state index in [0.717, 1.165) is 12.1 Å². The van der Waals surface area contributed by atoms with Crippen LogP contribution in [0.1, 0.15) is 47.4 Å². The second-order valence-electron chi connectivity index (χ2n) is 7.77. The minimum absolute atomic E-state index is 0.0294. The van der Waals surface area contributed by atoms with Crippen LogP contribution in [-0.2, 0) is 10.2 Å². The van der Waals surface area contributed by atoms with Crippen molar-refractivity contribution < 1.29 is 18.4 Å². The molecule has 2 heterocycles. The summed E-state index contributed by atoms with van der Waals surface area (Å²) in [5.74, 6) is -1.82. The number of carbonyl (C=O) groups is 2. The van der Waals surface area contributed by atoms with Crippen molar-refractivity contribution in [2.24, 2.45) is 0 Å². The number of hydrogen-bond acceptors (Lipinski definition) is 5. The van der Waals surface area contributed by atoms with E-state index in [1.807, 2.05) is 0 Å². The molecule has 1 aromatic carbocycles. The molecule has 1 N–H and O–H groups in total. The molecule has 1 aliphatic carbocycles. The van der Waals surface area contributed by atoms with Gasteiger partial charge in [-0.3, -0.25) is 14.6 Å². The maximum Gasteiger partial charge on any atom is 0.259 e. The third-order valence-electron chi connectivity index (χ3n) is 5.78. The van der Waals surface area contributed by atoms with Crippen LogP contribution in [0.25, 0.3) is 5.69 Å². The zero-order chi connectivity index (χ0) is 22.9. The topological polar surface area (TPSA) is 101 Å². The van der Waals surface area contributed by atoms with Crippen molar-refractivity contribution in [1.29, 1.82) is 5.26 Å². The summed E-state index contributed by atoms with van der Waals surface area (Å²) in [6.07, 6.45) is 4.33. The van der Waals surface area contributed by atoms with E-state index >= 15 is 0 Å². The highest BCUT2D eigenvalue weighted by Gasteiger charge is 2.37. The number of hydrogen-bond donors (Lipinski definition) is 1. The molecule has 4 rings (SSSR count). The molecule has 0 atom stereocenters. The average Bonchev–Trinajstić information content (AvgIpc) is 3.16. The summed E-state index contributed by atoms with van der Waals surface area (Å²) >= 11 is 0. The molecule has 1 amide bonds. The number of anilines is 1. The first-order valence-corrected chi connectivity index (χ1v) is 10.0. The lowest BCUT2D eigenvalue weighted by molar-refractivity contribution is -0.121. The zero-order valence-corrected chi connectivity index (χ0v) is 17.2. The molecule has 162 valence electrons. The maximum atomic E-state index is 14.1. The van der Waals surface area contributed by atoms with Gasteiger partial charge in [0.2, 0.25) is 0 Å². The minimum atomic E-state index is -0.798. The zero-order valence-electron chi connectivity index (χ0n) is 17.2. The second-order valence-corrected chi connectivity index (χ2v) is 7.77. The first kappa shape index (κ1) is 21.3. The van der Waals surface area contributed by atoms with Crippen molar-refractivity contribution in [3.8, 4) is 11.8 Å². The lowest BCUT2D eigenvalue weighted by Crippen LogP contribution is -2.31. The van der Waals surface area contributed by atoms with E-state index < -0.39 is 23.0 Å². The molecule has 1 aliphatic rings. The monoisotopic (exact) mass is 435 g/mol. The summed E-state index contributed by atoms with van der Waals surface area (Å²) in [6.45, 7) is 1.60. The molecule has 2 aromatic heterocycles. The van der Waals surface area contributed by atoms with Gasteiger partial charge in [0, 0.05) is 18.9 Å². The van der Waals surface area contributed by atoms with Crippen LogP contribution in [0.3, 0.4) is 0 Å². The lowest BCUT2D eigenvalue weighted by Gasteiger charge is -2.29. The molecule has 7 nitrogen and oxygen atoms in total. The highest BCUT2D eigenvalue weighted by atomic mass is 19.1. The quantitative estimate of drug-likeness (QED) is 0.667. The average molecular weight is 435 g/mol. The minimum Gasteiger partial charge on any atom is -0.320 e. The molecule has 0 saturated heterocycles. The van der Waals surface area contributed by atoms with Crippen LogP contribution >= 0.6 is 0 Å². The van der Waals surface area contributed by atoms with Gasteiger partial charge in [0.25, 0.3) is 5.91 Å². The van der Waals surface area contributed by atoms with Gasteiger partial charge in [0.05, 0.1) is 41.1 Å². The Labute approximate surface area is 182 Å². The standard InChI is InChI=1S/C23H19F2N5O2/c1-14-18(12-28-30(14)20-4-2-15(24)10-19(20)25)22(32)29-16-3-5-21(27-11-16)23(13-26)8-6-17(31)7-9-23/h2-5,10-12H,6-9H2,1H3,(H,29,32). The van der Waals surface area contributed by atoms with E-state index in [9.17, 15) is 23.6 Å². The van der Waals surface area contributed by atoms with Gasteiger partial charge in [-0.05, 0) is 44.0 Å². The molecule has 0 aliphatic heterocycles. The molecular weight excluding hydrogens is 416 g/mol. The number of nitrogens with zero attached hydrogens (tertiary/aromatic N) is 4. The number of rotatable bonds is 4. The smallest absolute Gasteiger partial charge is 0.259 e. The van der Waals surface area contributed by atoms with E-state index in [1.165, 1.54) is 23.1 Å². The summed E-state index contributed by atoms with van der Waals surface area (Å²) in [6, 6.07) is 8.75. The molecule has 0 bridgehead atoms. The number of carbonyl (C=O) groups excluding carboxylic acids is 2. The molecular formula is C23H19F2N5O2. The Balaban J connectivity index is 1.52. The predicted octanol–water partition coefficient (Wildman–Crippen LogP) is 4.01. The summed E-state index contributed by atoms with van der Waals surface area (Å²) in [7, 11) is 0. The van der Waals surface area contributed by atoms with Crippen LogP contribution in [0.4, 0.5) is 14.5 Å². The number of nitrogens with one attached hydrogen (secondary N) is 1. The summed E-state index contributed by atoms with van der Waals surface area (Å²) < 4.78 is 28.5. The van der Waals surface area contributed by atoms with E-state index in [2.05, 4.69) is 21.5 Å². The maximum absolute atomic E-state index is 14.1. The molecule has 0 unspecified atom stereocenters. The molecule has 0 spiro atoms. The summed E-state index contributed by atoms with van der Waals surface area (Å²) in [5.41, 5.74) is 0.819. The summed E-state index contributed by atoms with van der Waals surface area (Å²) in [4.78, 5) is 28.6. The van der Waals surface area contributed by atoms with Crippen molar-refractivity contribution in [1.82, 2.24) is 14.8 Å². The van der Waals surface area contributed by atoms with Gasteiger partial charge in [0.1, 0.15) is 22.7 Å². The lowest BCUT2D eigenvalue weighted by atomic mass is 9.72. The highest BCUT2D eigenvalue weighted by molar-refractivity contribution is 6.04. The molecule has 9 heteroatoms. The fourth-order valence-corrected chi connectivity index (χ4v) is 3.86.